The number of ether oxygens (including phenoxy) is 3. The van der Waals surface area contributed by atoms with Crippen LogP contribution in [0.4, 0.5) is 5.69 Å². The molecule has 0 saturated carbocycles. The van der Waals surface area contributed by atoms with E-state index in [4.69, 9.17) is 14.2 Å². The predicted molar refractivity (Wildman–Crippen MR) is 110 cm³/mol. The average molecular weight is 389 g/mol. The molecule has 1 N–H and O–H groups in total. The summed E-state index contributed by atoms with van der Waals surface area (Å²) >= 11 is 0. The summed E-state index contributed by atoms with van der Waals surface area (Å²) < 4.78 is 17.3. The van der Waals surface area contributed by atoms with Crippen molar-refractivity contribution in [2.45, 2.75) is 31.6 Å². The van der Waals surface area contributed by atoms with Gasteiger partial charge in [-0.05, 0) is 24.5 Å². The van der Waals surface area contributed by atoms with Crippen LogP contribution >= 0.6 is 0 Å². The van der Waals surface area contributed by atoms with Crippen molar-refractivity contribution in [2.24, 2.45) is 4.99 Å². The molecule has 3 heterocycles. The molecular formula is C21H32N4O3. The molecule has 0 bridgehead atoms. The Bertz CT molecular complexity index is 657. The van der Waals surface area contributed by atoms with Gasteiger partial charge in [-0.1, -0.05) is 18.2 Å². The van der Waals surface area contributed by atoms with Crippen molar-refractivity contribution in [2.75, 3.05) is 64.6 Å². The molecule has 0 radical (unpaired) electrons. The van der Waals surface area contributed by atoms with Gasteiger partial charge in [-0.25, -0.2) is 0 Å². The summed E-state index contributed by atoms with van der Waals surface area (Å²) in [6, 6.07) is 8.61. The highest BCUT2D eigenvalue weighted by atomic mass is 16.5. The minimum atomic E-state index is 0.135. The smallest absolute Gasteiger partial charge is 0.194 e. The van der Waals surface area contributed by atoms with Gasteiger partial charge in [0.2, 0.25) is 0 Å². The van der Waals surface area contributed by atoms with Crippen molar-refractivity contribution in [3.63, 3.8) is 0 Å². The van der Waals surface area contributed by atoms with E-state index in [-0.39, 0.29) is 12.2 Å². The first-order chi connectivity index (χ1) is 13.8. The summed E-state index contributed by atoms with van der Waals surface area (Å²) in [6.45, 7) is 7.48. The number of morpholine rings is 2. The fraction of sp³-hybridized carbons (Fsp3) is 0.667. The van der Waals surface area contributed by atoms with Gasteiger partial charge in [-0.3, -0.25) is 4.99 Å². The lowest BCUT2D eigenvalue weighted by atomic mass is 10.1. The van der Waals surface area contributed by atoms with E-state index in [1.807, 2.05) is 7.05 Å². The lowest BCUT2D eigenvalue weighted by Crippen LogP contribution is -2.53. The highest BCUT2D eigenvalue weighted by Crippen LogP contribution is 2.23. The number of nitrogens with zero attached hydrogens (tertiary/aromatic N) is 3. The van der Waals surface area contributed by atoms with Crippen LogP contribution in [0, 0.1) is 0 Å². The van der Waals surface area contributed by atoms with Crippen molar-refractivity contribution in [3.8, 4) is 0 Å². The van der Waals surface area contributed by atoms with Gasteiger partial charge in [0.1, 0.15) is 6.10 Å². The molecule has 3 fully saturated rings. The number of rotatable bonds is 4. The molecule has 3 saturated heterocycles. The SMILES string of the molecule is CN=C(NCc1ccccc1N1CCOCC1)N1CCOC(C2CCCO2)C1. The molecule has 0 amide bonds. The minimum absolute atomic E-state index is 0.135. The maximum atomic E-state index is 5.98. The van der Waals surface area contributed by atoms with Crippen molar-refractivity contribution in [3.05, 3.63) is 29.8 Å². The third-order valence-corrected chi connectivity index (χ3v) is 5.76. The lowest BCUT2D eigenvalue weighted by Gasteiger charge is -2.37. The average Bonchev–Trinajstić information content (AvgIpc) is 3.30. The summed E-state index contributed by atoms with van der Waals surface area (Å²) in [5.74, 6) is 0.933. The molecule has 7 nitrogen and oxygen atoms in total. The first-order valence-corrected chi connectivity index (χ1v) is 10.4. The quantitative estimate of drug-likeness (QED) is 0.623. The van der Waals surface area contributed by atoms with E-state index in [1.54, 1.807) is 0 Å². The first-order valence-electron chi connectivity index (χ1n) is 10.4. The Labute approximate surface area is 167 Å². The molecule has 154 valence electrons. The number of hydrogen-bond acceptors (Lipinski definition) is 5. The Morgan fingerprint density at radius 3 is 2.68 bits per heavy atom. The molecular weight excluding hydrogens is 356 g/mol. The topological polar surface area (TPSA) is 58.6 Å². The second-order valence-corrected chi connectivity index (χ2v) is 7.54. The number of para-hydroxylation sites is 1. The fourth-order valence-corrected chi connectivity index (χ4v) is 4.27. The second-order valence-electron chi connectivity index (χ2n) is 7.54. The second kappa shape index (κ2) is 9.58. The van der Waals surface area contributed by atoms with Gasteiger partial charge >= 0.3 is 0 Å². The number of benzene rings is 1. The minimum Gasteiger partial charge on any atom is -0.378 e. The Morgan fingerprint density at radius 2 is 1.89 bits per heavy atom. The zero-order valence-electron chi connectivity index (χ0n) is 16.8. The molecule has 3 aliphatic rings. The van der Waals surface area contributed by atoms with Crippen molar-refractivity contribution in [1.29, 1.82) is 0 Å². The first kappa shape index (κ1) is 19.5. The molecule has 1 aromatic rings. The van der Waals surface area contributed by atoms with Crippen molar-refractivity contribution in [1.82, 2.24) is 10.2 Å². The molecule has 2 atom stereocenters. The summed E-state index contributed by atoms with van der Waals surface area (Å²) in [5.41, 5.74) is 2.57. The van der Waals surface area contributed by atoms with Crippen LogP contribution in [0.2, 0.25) is 0 Å². The van der Waals surface area contributed by atoms with E-state index in [1.165, 1.54) is 11.3 Å². The van der Waals surface area contributed by atoms with Crippen LogP contribution in [0.5, 0.6) is 0 Å². The maximum Gasteiger partial charge on any atom is 0.194 e. The van der Waals surface area contributed by atoms with E-state index >= 15 is 0 Å². The molecule has 4 rings (SSSR count). The van der Waals surface area contributed by atoms with E-state index in [2.05, 4.69) is 44.4 Å². The predicted octanol–water partition coefficient (Wildman–Crippen LogP) is 1.48. The van der Waals surface area contributed by atoms with Gasteiger partial charge in [0.05, 0.1) is 25.9 Å². The number of guanidine groups is 1. The molecule has 1 aromatic carbocycles. The zero-order valence-corrected chi connectivity index (χ0v) is 16.8. The van der Waals surface area contributed by atoms with Gasteiger partial charge in [-0.2, -0.15) is 0 Å². The zero-order chi connectivity index (χ0) is 19.2. The van der Waals surface area contributed by atoms with Crippen LogP contribution in [0.15, 0.2) is 29.3 Å². The largest absolute Gasteiger partial charge is 0.378 e. The van der Waals surface area contributed by atoms with Gasteiger partial charge in [0.15, 0.2) is 5.96 Å². The van der Waals surface area contributed by atoms with Crippen LogP contribution in [0.1, 0.15) is 18.4 Å². The van der Waals surface area contributed by atoms with Gasteiger partial charge in [0, 0.05) is 52.1 Å². The monoisotopic (exact) mass is 388 g/mol. The van der Waals surface area contributed by atoms with E-state index in [9.17, 15) is 0 Å². The number of hydrogen-bond donors (Lipinski definition) is 1. The molecule has 7 heteroatoms. The molecule has 0 aliphatic carbocycles. The number of nitrogens with one attached hydrogen (secondary N) is 1. The van der Waals surface area contributed by atoms with Crippen molar-refractivity contribution < 1.29 is 14.2 Å². The Morgan fingerprint density at radius 1 is 1.07 bits per heavy atom. The van der Waals surface area contributed by atoms with Crippen LogP contribution < -0.4 is 10.2 Å². The normalized spacial score (nSPS) is 26.5. The van der Waals surface area contributed by atoms with Gasteiger partial charge in [0.25, 0.3) is 0 Å². The molecule has 0 spiro atoms. The summed E-state index contributed by atoms with van der Waals surface area (Å²) in [7, 11) is 1.85. The third-order valence-electron chi connectivity index (χ3n) is 5.76. The third kappa shape index (κ3) is 4.59. The van der Waals surface area contributed by atoms with E-state index in [0.717, 1.165) is 78.0 Å². The Balaban J connectivity index is 1.38. The summed E-state index contributed by atoms with van der Waals surface area (Å²) in [4.78, 5) is 9.24. The number of aliphatic imine (C=N–C) groups is 1. The summed E-state index contributed by atoms with van der Waals surface area (Å²) in [5, 5.41) is 3.57. The van der Waals surface area contributed by atoms with Crippen LogP contribution in [-0.2, 0) is 20.8 Å². The molecule has 0 aromatic heterocycles. The Hall–Kier alpha value is -1.83. The van der Waals surface area contributed by atoms with Crippen molar-refractivity contribution >= 4 is 11.6 Å². The van der Waals surface area contributed by atoms with Crippen LogP contribution in [-0.4, -0.2) is 82.7 Å². The highest BCUT2D eigenvalue weighted by molar-refractivity contribution is 5.80. The summed E-state index contributed by atoms with van der Waals surface area (Å²) in [6.07, 6.45) is 2.59. The lowest BCUT2D eigenvalue weighted by molar-refractivity contribution is -0.0817. The fourth-order valence-electron chi connectivity index (χ4n) is 4.27. The van der Waals surface area contributed by atoms with E-state index in [0.29, 0.717) is 0 Å². The van der Waals surface area contributed by atoms with Crippen LogP contribution in [0.3, 0.4) is 0 Å². The van der Waals surface area contributed by atoms with Gasteiger partial charge < -0.3 is 29.3 Å². The number of anilines is 1. The van der Waals surface area contributed by atoms with E-state index < -0.39 is 0 Å². The molecule has 3 aliphatic heterocycles. The molecule has 2 unspecified atom stereocenters. The van der Waals surface area contributed by atoms with Gasteiger partial charge in [-0.15, -0.1) is 0 Å². The van der Waals surface area contributed by atoms with Crippen LogP contribution in [0.25, 0.3) is 0 Å². The Kier molecular flexibility index (Phi) is 6.67. The maximum absolute atomic E-state index is 5.98. The molecule has 28 heavy (non-hydrogen) atoms. The standard InChI is InChI=1S/C21H32N4O3/c1-22-21(25-10-14-28-20(16-25)19-7-4-11-27-19)23-15-17-5-2-3-6-18(17)24-8-12-26-13-9-24/h2-3,5-6,19-20H,4,7-16H2,1H3,(H,22,23). The highest BCUT2D eigenvalue weighted by Gasteiger charge is 2.32.